The number of aliphatic hydroxyl groups is 1. The maximum Gasteiger partial charge on any atom is 0.426 e. The van der Waals surface area contributed by atoms with Crippen molar-refractivity contribution in [3.63, 3.8) is 0 Å². The van der Waals surface area contributed by atoms with E-state index >= 15 is 0 Å². The number of nitrogens with one attached hydrogen (secondary N) is 2. The quantitative estimate of drug-likeness (QED) is 0.351. The van der Waals surface area contributed by atoms with Crippen LogP contribution < -0.4 is 21.3 Å². The second-order valence-corrected chi connectivity index (χ2v) is 10.4. The van der Waals surface area contributed by atoms with Crippen LogP contribution in [0.25, 0.3) is 0 Å². The molecule has 0 saturated carbocycles. The van der Waals surface area contributed by atoms with Crippen LogP contribution in [0.4, 0.5) is 23.7 Å². The lowest BCUT2D eigenvalue weighted by atomic mass is 9.80. The van der Waals surface area contributed by atoms with Gasteiger partial charge in [0.05, 0.1) is 19.3 Å². The number of para-hydroxylation sites is 1. The number of anilines is 1. The molecule has 0 spiro atoms. The summed E-state index contributed by atoms with van der Waals surface area (Å²) in [4.78, 5) is 38.8. The molecule has 214 valence electrons. The third-order valence-electron chi connectivity index (χ3n) is 6.73. The Kier molecular flexibility index (Phi) is 10.1. The van der Waals surface area contributed by atoms with Gasteiger partial charge in [0.1, 0.15) is 0 Å². The number of nitrogens with two attached hydrogens (primary N) is 1. The van der Waals surface area contributed by atoms with Gasteiger partial charge in [-0.3, -0.25) is 9.59 Å². The number of carbonyl (C=O) groups is 3. The van der Waals surface area contributed by atoms with Gasteiger partial charge in [0.15, 0.2) is 0 Å². The standard InChI is InChI=1S/C25H37F3N4O6/c1-23(2,11-17(29)19(33)13-30-21(35)24(3,38-5)25(26,27)28)12-20(34)32-14-16(31-22(36)37-4)10-15-8-6-7-9-18(15)32/h6-9,16-17,19,33H,10-14,29H2,1-5H3,(H,30,35)(H,31,36)/t16?,17-,19-,24+/m0/s1. The zero-order valence-corrected chi connectivity index (χ0v) is 22.2. The van der Waals surface area contributed by atoms with Gasteiger partial charge in [-0.1, -0.05) is 32.0 Å². The van der Waals surface area contributed by atoms with E-state index in [4.69, 9.17) is 5.73 Å². The zero-order chi connectivity index (χ0) is 28.9. The largest absolute Gasteiger partial charge is 0.453 e. The minimum atomic E-state index is -4.96. The van der Waals surface area contributed by atoms with Crippen LogP contribution in [-0.4, -0.2) is 80.3 Å². The van der Waals surface area contributed by atoms with Crippen molar-refractivity contribution >= 4 is 23.6 Å². The van der Waals surface area contributed by atoms with Crippen LogP contribution in [0.1, 0.15) is 39.2 Å². The highest BCUT2D eigenvalue weighted by Gasteiger charge is 2.57. The summed E-state index contributed by atoms with van der Waals surface area (Å²) in [7, 11) is 2.02. The van der Waals surface area contributed by atoms with E-state index in [0.717, 1.165) is 18.4 Å². The van der Waals surface area contributed by atoms with Crippen molar-refractivity contribution < 1.29 is 42.1 Å². The summed E-state index contributed by atoms with van der Waals surface area (Å²) < 4.78 is 48.6. The Morgan fingerprint density at radius 1 is 1.18 bits per heavy atom. The lowest BCUT2D eigenvalue weighted by Crippen LogP contribution is -2.58. The molecule has 38 heavy (non-hydrogen) atoms. The fourth-order valence-electron chi connectivity index (χ4n) is 4.36. The Labute approximate surface area is 220 Å². The van der Waals surface area contributed by atoms with E-state index in [1.807, 2.05) is 29.6 Å². The molecule has 0 radical (unpaired) electrons. The summed E-state index contributed by atoms with van der Waals surface area (Å²) in [6.45, 7) is 3.86. The fourth-order valence-corrected chi connectivity index (χ4v) is 4.36. The third kappa shape index (κ3) is 7.58. The molecule has 1 heterocycles. The predicted molar refractivity (Wildman–Crippen MR) is 133 cm³/mol. The number of halogens is 3. The second kappa shape index (κ2) is 12.3. The Bertz CT molecular complexity index is 1010. The van der Waals surface area contributed by atoms with E-state index < -0.39 is 47.9 Å². The molecule has 0 aromatic heterocycles. The highest BCUT2D eigenvalue weighted by atomic mass is 19.4. The first-order chi connectivity index (χ1) is 17.5. The van der Waals surface area contributed by atoms with E-state index in [1.54, 1.807) is 18.7 Å². The molecule has 10 nitrogen and oxygen atoms in total. The number of carbonyl (C=O) groups excluding carboxylic acids is 3. The van der Waals surface area contributed by atoms with Gasteiger partial charge >= 0.3 is 12.3 Å². The van der Waals surface area contributed by atoms with Gasteiger partial charge < -0.3 is 35.8 Å². The smallest absolute Gasteiger partial charge is 0.426 e. The van der Waals surface area contributed by atoms with Gasteiger partial charge in [0.25, 0.3) is 5.91 Å². The maximum atomic E-state index is 13.4. The van der Waals surface area contributed by atoms with E-state index in [0.29, 0.717) is 13.3 Å². The van der Waals surface area contributed by atoms with Gasteiger partial charge in [-0.05, 0) is 36.8 Å². The highest BCUT2D eigenvalue weighted by molar-refractivity contribution is 5.95. The highest BCUT2D eigenvalue weighted by Crippen LogP contribution is 2.34. The van der Waals surface area contributed by atoms with Gasteiger partial charge in [-0.15, -0.1) is 0 Å². The number of amides is 3. The molecule has 1 aliphatic rings. The molecule has 3 amide bonds. The normalized spacial score (nSPS) is 19.0. The van der Waals surface area contributed by atoms with Crippen molar-refractivity contribution in [2.24, 2.45) is 11.1 Å². The molecule has 2 rings (SSSR count). The van der Waals surface area contributed by atoms with Crippen molar-refractivity contribution in [1.82, 2.24) is 10.6 Å². The topological polar surface area (TPSA) is 143 Å². The number of fused-ring (bicyclic) bond motifs is 1. The van der Waals surface area contributed by atoms with E-state index in [-0.39, 0.29) is 31.3 Å². The number of alkyl halides is 3. The molecule has 1 aliphatic heterocycles. The van der Waals surface area contributed by atoms with Crippen LogP contribution in [0.5, 0.6) is 0 Å². The summed E-state index contributed by atoms with van der Waals surface area (Å²) in [5, 5.41) is 15.2. The lowest BCUT2D eigenvalue weighted by Gasteiger charge is -2.37. The first kappa shape index (κ1) is 31.3. The molecule has 1 aromatic rings. The van der Waals surface area contributed by atoms with Crippen molar-refractivity contribution in [2.75, 3.05) is 32.2 Å². The van der Waals surface area contributed by atoms with E-state index in [1.165, 1.54) is 7.11 Å². The van der Waals surface area contributed by atoms with Crippen LogP contribution in [0.2, 0.25) is 0 Å². The van der Waals surface area contributed by atoms with Crippen molar-refractivity contribution in [1.29, 1.82) is 0 Å². The molecule has 13 heteroatoms. The summed E-state index contributed by atoms with van der Waals surface area (Å²) >= 11 is 0. The van der Waals surface area contributed by atoms with Gasteiger partial charge in [-0.25, -0.2) is 4.79 Å². The van der Waals surface area contributed by atoms with Crippen molar-refractivity contribution in [3.05, 3.63) is 29.8 Å². The number of ether oxygens (including phenoxy) is 2. The molecule has 1 aromatic carbocycles. The number of nitrogens with zero attached hydrogens (tertiary/aromatic N) is 1. The molecule has 1 unspecified atom stereocenters. The second-order valence-electron chi connectivity index (χ2n) is 10.4. The Morgan fingerprint density at radius 3 is 2.39 bits per heavy atom. The summed E-state index contributed by atoms with van der Waals surface area (Å²) in [5.74, 6) is -1.68. The molecule has 4 atom stereocenters. The first-order valence-corrected chi connectivity index (χ1v) is 12.1. The zero-order valence-electron chi connectivity index (χ0n) is 22.2. The summed E-state index contributed by atoms with van der Waals surface area (Å²) in [6.07, 6.45) is -6.23. The molecule has 0 aliphatic carbocycles. The molecule has 0 bridgehead atoms. The van der Waals surface area contributed by atoms with E-state index in [9.17, 15) is 32.7 Å². The molecular weight excluding hydrogens is 509 g/mol. The number of aliphatic hydroxyl groups excluding tert-OH is 1. The van der Waals surface area contributed by atoms with Crippen LogP contribution in [0.3, 0.4) is 0 Å². The minimum absolute atomic E-state index is 0.0366. The van der Waals surface area contributed by atoms with Crippen LogP contribution in [0, 0.1) is 5.41 Å². The number of rotatable bonds is 10. The monoisotopic (exact) mass is 546 g/mol. The number of hydrogen-bond donors (Lipinski definition) is 4. The first-order valence-electron chi connectivity index (χ1n) is 12.1. The van der Waals surface area contributed by atoms with Gasteiger partial charge in [-0.2, -0.15) is 13.2 Å². The molecular formula is C25H37F3N4O6. The van der Waals surface area contributed by atoms with E-state index in [2.05, 4.69) is 14.8 Å². The Hall–Kier alpha value is -2.90. The maximum absolute atomic E-state index is 13.4. The molecule has 5 N–H and O–H groups in total. The average molecular weight is 547 g/mol. The van der Waals surface area contributed by atoms with Crippen molar-refractivity contribution in [2.45, 2.75) is 70.0 Å². The Morgan fingerprint density at radius 2 is 1.82 bits per heavy atom. The SMILES string of the molecule is COC(=O)NC1Cc2ccccc2N(C(=O)CC(C)(C)C[C@H](N)[C@@H](O)CNC(=O)[C@@](C)(OC)C(F)(F)F)C1. The summed E-state index contributed by atoms with van der Waals surface area (Å²) in [6, 6.07) is 6.05. The lowest BCUT2D eigenvalue weighted by molar-refractivity contribution is -0.253. The number of alkyl carbamates (subject to hydrolysis) is 1. The van der Waals surface area contributed by atoms with Crippen LogP contribution in [-0.2, 0) is 25.5 Å². The van der Waals surface area contributed by atoms with Crippen LogP contribution >= 0.6 is 0 Å². The predicted octanol–water partition coefficient (Wildman–Crippen LogP) is 1.88. The molecule has 0 saturated heterocycles. The number of hydrogen-bond acceptors (Lipinski definition) is 7. The number of methoxy groups -OCH3 is 2. The van der Waals surface area contributed by atoms with Crippen LogP contribution in [0.15, 0.2) is 24.3 Å². The van der Waals surface area contributed by atoms with Gasteiger partial charge in [0.2, 0.25) is 11.5 Å². The Balaban J connectivity index is 2.03. The third-order valence-corrected chi connectivity index (χ3v) is 6.73. The number of benzene rings is 1. The summed E-state index contributed by atoms with van der Waals surface area (Å²) in [5.41, 5.74) is 3.92. The fraction of sp³-hybridized carbons (Fsp3) is 0.640. The van der Waals surface area contributed by atoms with Crippen molar-refractivity contribution in [3.8, 4) is 0 Å². The average Bonchev–Trinajstić information content (AvgIpc) is 2.84. The molecule has 0 fully saturated rings. The van der Waals surface area contributed by atoms with Gasteiger partial charge in [0, 0.05) is 38.3 Å². The minimum Gasteiger partial charge on any atom is -0.453 e.